The van der Waals surface area contributed by atoms with Crippen molar-refractivity contribution in [2.75, 3.05) is 13.1 Å². The van der Waals surface area contributed by atoms with E-state index in [4.69, 9.17) is 0 Å². The van der Waals surface area contributed by atoms with Crippen LogP contribution < -0.4 is 5.32 Å². The van der Waals surface area contributed by atoms with Gasteiger partial charge in [0.05, 0.1) is 5.92 Å². The van der Waals surface area contributed by atoms with Gasteiger partial charge in [0.1, 0.15) is 11.9 Å². The van der Waals surface area contributed by atoms with E-state index < -0.39 is 23.7 Å². The van der Waals surface area contributed by atoms with E-state index in [1.165, 1.54) is 24.3 Å². The molecule has 2 N–H and O–H groups in total. The first-order chi connectivity index (χ1) is 12.3. The summed E-state index contributed by atoms with van der Waals surface area (Å²) in [5.74, 6) is -2.69. The van der Waals surface area contributed by atoms with E-state index in [0.717, 1.165) is 0 Å². The number of hydrogen-bond donors (Lipinski definition) is 2. The van der Waals surface area contributed by atoms with E-state index >= 15 is 0 Å². The van der Waals surface area contributed by atoms with E-state index in [0.29, 0.717) is 31.4 Å². The number of hydrogen-bond acceptors (Lipinski definition) is 3. The largest absolute Gasteiger partial charge is 0.480 e. The van der Waals surface area contributed by atoms with E-state index in [9.17, 15) is 23.9 Å². The molecule has 2 rings (SSSR count). The molecule has 1 heterocycles. The number of carboxylic acid groups (broad SMARTS) is 1. The summed E-state index contributed by atoms with van der Waals surface area (Å²) in [7, 11) is 0. The van der Waals surface area contributed by atoms with Gasteiger partial charge in [-0.3, -0.25) is 9.59 Å². The van der Waals surface area contributed by atoms with Gasteiger partial charge in [-0.15, -0.1) is 0 Å². The van der Waals surface area contributed by atoms with Gasteiger partial charge in [0.15, 0.2) is 0 Å². The van der Waals surface area contributed by atoms with E-state index in [1.807, 2.05) is 6.92 Å². The van der Waals surface area contributed by atoms with Gasteiger partial charge < -0.3 is 15.3 Å². The van der Waals surface area contributed by atoms with Gasteiger partial charge in [0.25, 0.3) is 5.91 Å². The van der Waals surface area contributed by atoms with Crippen LogP contribution in [-0.2, 0) is 9.59 Å². The van der Waals surface area contributed by atoms with Crippen molar-refractivity contribution >= 4 is 17.8 Å². The second-order valence-corrected chi connectivity index (χ2v) is 6.81. The second kappa shape index (κ2) is 8.78. The lowest BCUT2D eigenvalue weighted by Crippen LogP contribution is -2.51. The van der Waals surface area contributed by atoms with Crippen LogP contribution in [0.5, 0.6) is 0 Å². The number of amides is 2. The number of benzene rings is 1. The SMILES string of the molecule is CC[C@H](C)[C@H](NC(=O)C1CCCN(C(=O)c2ccc(F)cc2)C1)C(=O)O. The highest BCUT2D eigenvalue weighted by Gasteiger charge is 2.32. The average Bonchev–Trinajstić information content (AvgIpc) is 2.65. The molecule has 1 saturated heterocycles. The van der Waals surface area contributed by atoms with Crippen molar-refractivity contribution in [2.24, 2.45) is 11.8 Å². The van der Waals surface area contributed by atoms with Crippen molar-refractivity contribution in [1.29, 1.82) is 0 Å². The summed E-state index contributed by atoms with van der Waals surface area (Å²) in [6.45, 7) is 4.41. The van der Waals surface area contributed by atoms with Gasteiger partial charge in [-0.05, 0) is 43.0 Å². The molecule has 1 fully saturated rings. The van der Waals surface area contributed by atoms with Crippen molar-refractivity contribution in [3.8, 4) is 0 Å². The number of halogens is 1. The standard InChI is InChI=1S/C19H25FN2O4/c1-3-12(2)16(19(25)26)21-17(23)14-5-4-10-22(11-14)18(24)13-6-8-15(20)9-7-13/h6-9,12,14,16H,3-5,10-11H2,1-2H3,(H,21,23)(H,25,26)/t12-,14?,16-/m0/s1. The normalized spacial score (nSPS) is 19.5. The highest BCUT2D eigenvalue weighted by molar-refractivity contribution is 5.94. The molecule has 3 atom stereocenters. The fourth-order valence-electron chi connectivity index (χ4n) is 3.10. The fraction of sp³-hybridized carbons (Fsp3) is 0.526. The molecule has 142 valence electrons. The molecule has 7 heteroatoms. The Labute approximate surface area is 152 Å². The molecular formula is C19H25FN2O4. The summed E-state index contributed by atoms with van der Waals surface area (Å²) in [6.07, 6.45) is 1.90. The number of aliphatic carboxylic acids is 1. The van der Waals surface area contributed by atoms with Gasteiger partial charge in [-0.1, -0.05) is 20.3 Å². The van der Waals surface area contributed by atoms with E-state index in [-0.39, 0.29) is 24.3 Å². The lowest BCUT2D eigenvalue weighted by Gasteiger charge is -2.33. The summed E-state index contributed by atoms with van der Waals surface area (Å²) in [6, 6.07) is 4.36. The van der Waals surface area contributed by atoms with Gasteiger partial charge in [0.2, 0.25) is 5.91 Å². The summed E-state index contributed by atoms with van der Waals surface area (Å²) in [5, 5.41) is 11.9. The Morgan fingerprint density at radius 2 is 1.96 bits per heavy atom. The lowest BCUT2D eigenvalue weighted by molar-refractivity contribution is -0.144. The molecule has 1 aromatic carbocycles. The van der Waals surface area contributed by atoms with Crippen LogP contribution in [0.1, 0.15) is 43.5 Å². The van der Waals surface area contributed by atoms with Crippen molar-refractivity contribution in [3.63, 3.8) is 0 Å². The number of nitrogens with one attached hydrogen (secondary N) is 1. The highest BCUT2D eigenvalue weighted by Crippen LogP contribution is 2.20. The third-order valence-electron chi connectivity index (χ3n) is 4.95. The Bertz CT molecular complexity index is 662. The predicted octanol–water partition coefficient (Wildman–Crippen LogP) is 2.29. The minimum atomic E-state index is -1.05. The van der Waals surface area contributed by atoms with Gasteiger partial charge in [-0.2, -0.15) is 0 Å². The lowest BCUT2D eigenvalue weighted by atomic mass is 9.94. The summed E-state index contributed by atoms with van der Waals surface area (Å²) in [5.41, 5.74) is 0.371. The Balaban J connectivity index is 2.02. The predicted molar refractivity (Wildman–Crippen MR) is 94.0 cm³/mol. The molecule has 0 radical (unpaired) electrons. The molecular weight excluding hydrogens is 339 g/mol. The molecule has 26 heavy (non-hydrogen) atoms. The molecule has 0 saturated carbocycles. The molecule has 1 unspecified atom stereocenters. The first kappa shape index (κ1) is 19.9. The Kier molecular flexibility index (Phi) is 6.71. The third-order valence-corrected chi connectivity index (χ3v) is 4.95. The maximum absolute atomic E-state index is 13.0. The zero-order valence-electron chi connectivity index (χ0n) is 15.1. The number of carbonyl (C=O) groups excluding carboxylic acids is 2. The van der Waals surface area contributed by atoms with Crippen molar-refractivity contribution in [1.82, 2.24) is 10.2 Å². The molecule has 1 aliphatic rings. The molecule has 0 aliphatic carbocycles. The van der Waals surface area contributed by atoms with Crippen LogP contribution in [0.15, 0.2) is 24.3 Å². The maximum Gasteiger partial charge on any atom is 0.326 e. The van der Waals surface area contributed by atoms with E-state index in [2.05, 4.69) is 5.32 Å². The molecule has 0 spiro atoms. The van der Waals surface area contributed by atoms with Crippen LogP contribution in [0, 0.1) is 17.7 Å². The van der Waals surface area contributed by atoms with Crippen molar-refractivity contribution in [3.05, 3.63) is 35.6 Å². The zero-order chi connectivity index (χ0) is 19.3. The average molecular weight is 364 g/mol. The Morgan fingerprint density at radius 3 is 2.54 bits per heavy atom. The van der Waals surface area contributed by atoms with Crippen molar-refractivity contribution < 1.29 is 23.9 Å². The summed E-state index contributed by atoms with van der Waals surface area (Å²) in [4.78, 5) is 38.0. The highest BCUT2D eigenvalue weighted by atomic mass is 19.1. The van der Waals surface area contributed by atoms with Gasteiger partial charge in [-0.25, -0.2) is 9.18 Å². The maximum atomic E-state index is 13.0. The number of carbonyl (C=O) groups is 3. The number of piperidine rings is 1. The molecule has 2 amide bonds. The minimum absolute atomic E-state index is 0.183. The van der Waals surface area contributed by atoms with Crippen LogP contribution in [-0.4, -0.2) is 46.9 Å². The zero-order valence-corrected chi connectivity index (χ0v) is 15.1. The summed E-state index contributed by atoms with van der Waals surface area (Å²) >= 11 is 0. The topological polar surface area (TPSA) is 86.7 Å². The van der Waals surface area contributed by atoms with Crippen molar-refractivity contribution in [2.45, 2.75) is 39.2 Å². The number of nitrogens with zero attached hydrogens (tertiary/aromatic N) is 1. The number of likely N-dealkylation sites (tertiary alicyclic amines) is 1. The first-order valence-corrected chi connectivity index (χ1v) is 8.91. The van der Waals surface area contributed by atoms with Crippen LogP contribution >= 0.6 is 0 Å². The Morgan fingerprint density at radius 1 is 1.31 bits per heavy atom. The summed E-state index contributed by atoms with van der Waals surface area (Å²) < 4.78 is 13.0. The van der Waals surface area contributed by atoms with Gasteiger partial charge in [0, 0.05) is 18.7 Å². The molecule has 1 aromatic rings. The molecule has 1 aliphatic heterocycles. The molecule has 6 nitrogen and oxygen atoms in total. The van der Waals surface area contributed by atoms with Crippen LogP contribution in [0.25, 0.3) is 0 Å². The third kappa shape index (κ3) is 4.80. The van der Waals surface area contributed by atoms with Crippen LogP contribution in [0.3, 0.4) is 0 Å². The first-order valence-electron chi connectivity index (χ1n) is 8.91. The quantitative estimate of drug-likeness (QED) is 0.811. The molecule has 0 aromatic heterocycles. The van der Waals surface area contributed by atoms with Crippen LogP contribution in [0.2, 0.25) is 0 Å². The molecule has 0 bridgehead atoms. The number of carboxylic acids is 1. The smallest absolute Gasteiger partial charge is 0.326 e. The second-order valence-electron chi connectivity index (χ2n) is 6.81. The minimum Gasteiger partial charge on any atom is -0.480 e. The monoisotopic (exact) mass is 364 g/mol. The number of rotatable bonds is 6. The fourth-order valence-corrected chi connectivity index (χ4v) is 3.10. The van der Waals surface area contributed by atoms with E-state index in [1.54, 1.807) is 11.8 Å². The van der Waals surface area contributed by atoms with Gasteiger partial charge >= 0.3 is 5.97 Å². The Hall–Kier alpha value is -2.44. The van der Waals surface area contributed by atoms with Crippen LogP contribution in [0.4, 0.5) is 4.39 Å².